The van der Waals surface area contributed by atoms with E-state index < -0.39 is 5.97 Å². The van der Waals surface area contributed by atoms with E-state index in [1.807, 2.05) is 0 Å². The molecule has 2 nitrogen and oxygen atoms in total. The van der Waals surface area contributed by atoms with Crippen LogP contribution in [-0.4, -0.2) is 17.0 Å². The van der Waals surface area contributed by atoms with Crippen LogP contribution in [-0.2, 0) is 4.79 Å². The lowest BCUT2D eigenvalue weighted by molar-refractivity contribution is -0.143. The Kier molecular flexibility index (Phi) is 3.18. The molecule has 1 fully saturated rings. The molecule has 3 heteroatoms. The quantitative estimate of drug-likeness (QED) is 0.463. The molecule has 0 bridgehead atoms. The first kappa shape index (κ1) is 8.85. The van der Waals surface area contributed by atoms with Gasteiger partial charge in [-0.05, 0) is 31.6 Å². The molecule has 0 aromatic rings. The lowest BCUT2D eigenvalue weighted by Crippen LogP contribution is -2.21. The van der Waals surface area contributed by atoms with Crippen molar-refractivity contribution in [1.82, 2.24) is 0 Å². The molecule has 1 aliphatic carbocycles. The number of carbonyl (C=O) groups is 1. The second kappa shape index (κ2) is 3.96. The Labute approximate surface area is 71.5 Å². The molecule has 11 heavy (non-hydrogen) atoms. The molecule has 0 amide bonds. The third-order valence-corrected chi connectivity index (χ3v) is 2.87. The maximum Gasteiger partial charge on any atom is 0.519 e. The molecule has 2 N–H and O–H groups in total. The normalized spacial score (nSPS) is 31.7. The van der Waals surface area contributed by atoms with Gasteiger partial charge in [-0.3, -0.25) is 0 Å². The molecule has 0 saturated heterocycles. The minimum Gasteiger partial charge on any atom is -0.565 e. The zero-order valence-corrected chi connectivity index (χ0v) is 7.23. The first-order chi connectivity index (χ1) is 5.24. The van der Waals surface area contributed by atoms with Crippen molar-refractivity contribution in [3.63, 3.8) is 0 Å². The van der Waals surface area contributed by atoms with Crippen LogP contribution in [0.25, 0.3) is 0 Å². The van der Waals surface area contributed by atoms with E-state index in [9.17, 15) is 4.79 Å². The van der Waals surface area contributed by atoms with Gasteiger partial charge in [0.1, 0.15) is 5.92 Å². The third kappa shape index (κ3) is 2.37. The van der Waals surface area contributed by atoms with Crippen LogP contribution in [0.3, 0.4) is 0 Å². The Bertz CT molecular complexity index is 139. The Hall–Kier alpha value is -0.240. The fourth-order valence-corrected chi connectivity index (χ4v) is 1.89. The number of alkyl halides is 1. The zero-order valence-electron chi connectivity index (χ0n) is 6.48. The maximum absolute atomic E-state index is 10.6. The highest BCUT2D eigenvalue weighted by atomic mass is 35.5. The van der Waals surface area contributed by atoms with Gasteiger partial charge in [-0.1, -0.05) is 0 Å². The van der Waals surface area contributed by atoms with Crippen molar-refractivity contribution in [2.24, 2.45) is 11.8 Å². The Morgan fingerprint density at radius 1 is 1.36 bits per heavy atom. The van der Waals surface area contributed by atoms with Gasteiger partial charge in [-0.25, -0.2) is 0 Å². The molecule has 0 spiro atoms. The largest absolute Gasteiger partial charge is 0.565 e. The minimum absolute atomic E-state index is 0.00877. The molecule has 0 heterocycles. The summed E-state index contributed by atoms with van der Waals surface area (Å²) in [5.74, 6) is 0.915. The number of hydrogen-bond acceptors (Lipinski definition) is 1. The van der Waals surface area contributed by atoms with E-state index in [-0.39, 0.29) is 5.92 Å². The summed E-state index contributed by atoms with van der Waals surface area (Å²) in [5, 5.41) is 6.92. The number of halogens is 1. The SMILES string of the molecule is O=C([OH2+])C1CCC(CCl)CC1. The average molecular weight is 178 g/mol. The smallest absolute Gasteiger partial charge is 0.519 e. The summed E-state index contributed by atoms with van der Waals surface area (Å²) < 4.78 is 0. The number of hydrogen-bond donors (Lipinski definition) is 0. The molecule has 0 aromatic carbocycles. The zero-order chi connectivity index (χ0) is 8.27. The maximum atomic E-state index is 10.6. The number of carbonyl (C=O) groups excluding carboxylic acids is 1. The van der Waals surface area contributed by atoms with Crippen LogP contribution in [0.2, 0.25) is 0 Å². The van der Waals surface area contributed by atoms with Crippen LogP contribution in [0.5, 0.6) is 0 Å². The molecule has 0 atom stereocenters. The van der Waals surface area contributed by atoms with Crippen LogP contribution in [0, 0.1) is 11.8 Å². The van der Waals surface area contributed by atoms with Crippen molar-refractivity contribution < 1.29 is 9.90 Å². The highest BCUT2D eigenvalue weighted by Gasteiger charge is 2.29. The monoisotopic (exact) mass is 177 g/mol. The first-order valence-electron chi connectivity index (χ1n) is 4.05. The molecule has 0 unspecified atom stereocenters. The van der Waals surface area contributed by atoms with Crippen molar-refractivity contribution in [3.05, 3.63) is 0 Å². The summed E-state index contributed by atoms with van der Waals surface area (Å²) in [6.07, 6.45) is 3.80. The van der Waals surface area contributed by atoms with Crippen molar-refractivity contribution in [2.45, 2.75) is 25.7 Å². The Morgan fingerprint density at radius 2 is 1.91 bits per heavy atom. The van der Waals surface area contributed by atoms with Gasteiger partial charge in [0.15, 0.2) is 0 Å². The molecule has 1 aliphatic rings. The molecular weight excluding hydrogens is 164 g/mol. The van der Waals surface area contributed by atoms with Gasteiger partial charge >= 0.3 is 5.97 Å². The van der Waals surface area contributed by atoms with Gasteiger partial charge < -0.3 is 5.11 Å². The van der Waals surface area contributed by atoms with Crippen LogP contribution in [0.4, 0.5) is 0 Å². The van der Waals surface area contributed by atoms with Crippen LogP contribution in [0.1, 0.15) is 25.7 Å². The summed E-state index contributed by atoms with van der Waals surface area (Å²) in [7, 11) is 0. The van der Waals surface area contributed by atoms with Crippen LogP contribution < -0.4 is 0 Å². The van der Waals surface area contributed by atoms with E-state index in [4.69, 9.17) is 16.7 Å². The molecule has 0 radical (unpaired) electrons. The minimum atomic E-state index is -0.391. The first-order valence-corrected chi connectivity index (χ1v) is 4.59. The van der Waals surface area contributed by atoms with E-state index in [1.54, 1.807) is 0 Å². The topological polar surface area (TPSA) is 40.0 Å². The van der Waals surface area contributed by atoms with Gasteiger partial charge in [-0.2, -0.15) is 0 Å². The van der Waals surface area contributed by atoms with E-state index in [0.717, 1.165) is 25.7 Å². The second-order valence-corrected chi connectivity index (χ2v) is 3.54. The summed E-state index contributed by atoms with van der Waals surface area (Å²) in [6.45, 7) is 0. The molecule has 64 valence electrons. The predicted molar refractivity (Wildman–Crippen MR) is 44.8 cm³/mol. The molecule has 0 aromatic heterocycles. The lowest BCUT2D eigenvalue weighted by atomic mass is 9.83. The fraction of sp³-hybridized carbons (Fsp3) is 0.875. The van der Waals surface area contributed by atoms with Gasteiger partial charge in [0.05, 0.1) is 0 Å². The van der Waals surface area contributed by atoms with E-state index in [0.29, 0.717) is 11.8 Å². The molecule has 0 aliphatic heterocycles. The fourth-order valence-electron chi connectivity index (χ4n) is 1.58. The van der Waals surface area contributed by atoms with Gasteiger partial charge in [-0.15, -0.1) is 11.6 Å². The standard InChI is InChI=1S/C8H13ClO2/c9-5-6-1-3-7(4-2-6)8(10)11/h6-7H,1-5H2,(H,10,11)/p+1. The van der Waals surface area contributed by atoms with Crippen molar-refractivity contribution in [3.8, 4) is 0 Å². The lowest BCUT2D eigenvalue weighted by Gasteiger charge is -2.21. The summed E-state index contributed by atoms with van der Waals surface area (Å²) in [5.41, 5.74) is 0. The van der Waals surface area contributed by atoms with Gasteiger partial charge in [0.25, 0.3) is 0 Å². The van der Waals surface area contributed by atoms with E-state index in [2.05, 4.69) is 0 Å². The predicted octanol–water partition coefficient (Wildman–Crippen LogP) is 1.28. The van der Waals surface area contributed by atoms with Gasteiger partial charge in [0.2, 0.25) is 0 Å². The van der Waals surface area contributed by atoms with E-state index >= 15 is 0 Å². The second-order valence-electron chi connectivity index (χ2n) is 3.24. The Morgan fingerprint density at radius 3 is 2.27 bits per heavy atom. The highest BCUT2D eigenvalue weighted by molar-refractivity contribution is 6.18. The van der Waals surface area contributed by atoms with Crippen LogP contribution >= 0.6 is 11.6 Å². The van der Waals surface area contributed by atoms with Gasteiger partial charge in [0, 0.05) is 10.7 Å². The van der Waals surface area contributed by atoms with E-state index in [1.165, 1.54) is 0 Å². The summed E-state index contributed by atoms with van der Waals surface area (Å²) in [6, 6.07) is 0. The highest BCUT2D eigenvalue weighted by Crippen LogP contribution is 2.29. The van der Waals surface area contributed by atoms with Crippen molar-refractivity contribution >= 4 is 17.6 Å². The summed E-state index contributed by atoms with van der Waals surface area (Å²) >= 11 is 5.68. The number of rotatable bonds is 2. The average Bonchev–Trinajstić information content (AvgIpc) is 2.05. The van der Waals surface area contributed by atoms with Crippen molar-refractivity contribution in [2.75, 3.05) is 5.88 Å². The molecule has 1 rings (SSSR count). The molecular formula is C8H14ClO2+. The van der Waals surface area contributed by atoms with Crippen molar-refractivity contribution in [1.29, 1.82) is 0 Å². The molecule has 1 saturated carbocycles. The van der Waals surface area contributed by atoms with Crippen LogP contribution in [0.15, 0.2) is 0 Å². The third-order valence-electron chi connectivity index (χ3n) is 2.44. The summed E-state index contributed by atoms with van der Waals surface area (Å²) in [4.78, 5) is 10.6. The Balaban J connectivity index is 2.30.